The number of hydrogen-bond acceptors (Lipinski definition) is 10. The number of rotatable bonds is 9. The van der Waals surface area contributed by atoms with Gasteiger partial charge in [0, 0.05) is 31.1 Å². The normalized spacial score (nSPS) is 25.0. The molecule has 2 aliphatic carbocycles. The molecule has 13 nitrogen and oxygen atoms in total. The Morgan fingerprint density at radius 3 is 2.35 bits per heavy atom. The molecule has 1 spiro atoms. The second-order valence-electron chi connectivity index (χ2n) is 17.7. The predicted molar refractivity (Wildman–Crippen MR) is 225 cm³/mol. The maximum atomic E-state index is 13.3. The Bertz CT molecular complexity index is 2470. The molecule has 5 aromatic rings. The van der Waals surface area contributed by atoms with Crippen molar-refractivity contribution >= 4 is 40.5 Å². The number of ether oxygens (including phenoxy) is 1. The van der Waals surface area contributed by atoms with Gasteiger partial charge in [0.15, 0.2) is 5.65 Å². The van der Waals surface area contributed by atoms with Crippen LogP contribution in [0.1, 0.15) is 109 Å². The Labute approximate surface area is 348 Å². The lowest BCUT2D eigenvalue weighted by Crippen LogP contribution is -2.54. The third kappa shape index (κ3) is 7.12. The number of anilines is 1. The van der Waals surface area contributed by atoms with Gasteiger partial charge in [-0.1, -0.05) is 37.1 Å². The second-order valence-corrected chi connectivity index (χ2v) is 17.7. The predicted octanol–water partition coefficient (Wildman–Crippen LogP) is 7.27. The molecular weight excluding hydrogens is 757 g/mol. The summed E-state index contributed by atoms with van der Waals surface area (Å²) in [4.78, 5) is 63.4. The minimum Gasteiger partial charge on any atom is -0.457 e. The van der Waals surface area contributed by atoms with Crippen molar-refractivity contribution < 1.29 is 23.9 Å². The molecule has 0 bridgehead atoms. The molecule has 3 aromatic carbocycles. The number of nitrogens with two attached hydrogens (primary N) is 1. The number of carbonyl (C=O) groups is 4. The van der Waals surface area contributed by atoms with Crippen LogP contribution in [0.25, 0.3) is 22.3 Å². The zero-order chi connectivity index (χ0) is 41.0. The molecular formula is C47H50N8O5. The van der Waals surface area contributed by atoms with Crippen molar-refractivity contribution in [2.75, 3.05) is 18.8 Å². The van der Waals surface area contributed by atoms with Crippen LogP contribution in [0.3, 0.4) is 0 Å². The number of aryl methyl sites for hydroxylation is 1. The van der Waals surface area contributed by atoms with Crippen LogP contribution >= 0.6 is 0 Å². The van der Waals surface area contributed by atoms with Crippen molar-refractivity contribution in [3.8, 4) is 22.8 Å². The summed E-state index contributed by atoms with van der Waals surface area (Å²) < 4.78 is 8.12. The van der Waals surface area contributed by atoms with Crippen molar-refractivity contribution in [3.05, 3.63) is 95.8 Å². The van der Waals surface area contributed by atoms with Gasteiger partial charge in [0.05, 0.1) is 22.6 Å². The molecule has 5 heterocycles. The molecule has 4 amide bonds. The number of nitrogens with one attached hydrogen (secondary N) is 1. The molecule has 10 rings (SSSR count). The molecule has 2 atom stereocenters. The van der Waals surface area contributed by atoms with E-state index < -0.39 is 23.8 Å². The average Bonchev–Trinajstić information content (AvgIpc) is 3.65. The highest BCUT2D eigenvalue weighted by Gasteiger charge is 2.48. The number of hydrogen-bond donors (Lipinski definition) is 2. The van der Waals surface area contributed by atoms with E-state index in [-0.39, 0.29) is 24.8 Å². The first-order valence-electron chi connectivity index (χ1n) is 21.6. The zero-order valence-corrected chi connectivity index (χ0v) is 33.7. The molecule has 5 aliphatic rings. The summed E-state index contributed by atoms with van der Waals surface area (Å²) in [5, 5.41) is 8.21. The zero-order valence-electron chi connectivity index (χ0n) is 33.7. The van der Waals surface area contributed by atoms with Crippen LogP contribution in [0, 0.1) is 11.3 Å². The average molecular weight is 807 g/mol. The first kappa shape index (κ1) is 38.3. The molecule has 0 radical (unpaired) electrons. The molecule has 2 aromatic heterocycles. The van der Waals surface area contributed by atoms with Crippen molar-refractivity contribution in [1.82, 2.24) is 34.9 Å². The summed E-state index contributed by atoms with van der Waals surface area (Å²) in [5.74, 6) is 0.755. The maximum absolute atomic E-state index is 13.3. The largest absolute Gasteiger partial charge is 0.457 e. The minimum absolute atomic E-state index is 0.111. The number of fused-ring (bicyclic) bond motifs is 2. The van der Waals surface area contributed by atoms with Gasteiger partial charge < -0.3 is 15.4 Å². The van der Waals surface area contributed by atoms with Crippen LogP contribution in [-0.2, 0) is 16.0 Å². The second kappa shape index (κ2) is 15.6. The first-order valence-corrected chi connectivity index (χ1v) is 21.6. The van der Waals surface area contributed by atoms with Crippen LogP contribution < -0.4 is 15.8 Å². The number of piperidine rings is 2. The van der Waals surface area contributed by atoms with Gasteiger partial charge in [-0.3, -0.25) is 29.4 Å². The molecule has 3 N–H and O–H groups in total. The summed E-state index contributed by atoms with van der Waals surface area (Å²) in [6, 6.07) is 23.1. The minimum atomic E-state index is -0.945. The Balaban J connectivity index is 0.723. The summed E-state index contributed by atoms with van der Waals surface area (Å²) >= 11 is 0. The Hall–Kier alpha value is -5.95. The number of para-hydroxylation sites is 1. The van der Waals surface area contributed by atoms with E-state index in [1.807, 2.05) is 66.7 Å². The smallest absolute Gasteiger partial charge is 0.262 e. The lowest BCUT2D eigenvalue weighted by atomic mass is 9.60. The van der Waals surface area contributed by atoms with Crippen molar-refractivity contribution in [2.45, 2.75) is 102 Å². The summed E-state index contributed by atoms with van der Waals surface area (Å²) in [6.07, 6.45) is 14.5. The van der Waals surface area contributed by atoms with E-state index in [1.54, 1.807) is 6.07 Å². The molecule has 4 fully saturated rings. The third-order valence-corrected chi connectivity index (χ3v) is 14.1. The van der Waals surface area contributed by atoms with Crippen LogP contribution in [0.5, 0.6) is 11.5 Å². The fraction of sp³-hybridized carbons (Fsp3) is 0.426. The van der Waals surface area contributed by atoms with Crippen LogP contribution in [0.2, 0.25) is 0 Å². The lowest BCUT2D eigenvalue weighted by molar-refractivity contribution is -0.136. The number of amides is 4. The van der Waals surface area contributed by atoms with Gasteiger partial charge in [-0.25, -0.2) is 14.6 Å². The molecule has 2 saturated carbocycles. The number of benzene rings is 3. The quantitative estimate of drug-likeness (QED) is 0.145. The van der Waals surface area contributed by atoms with Gasteiger partial charge in [-0.15, -0.1) is 0 Å². The molecule has 2 saturated heterocycles. The van der Waals surface area contributed by atoms with Crippen molar-refractivity contribution in [2.24, 2.45) is 11.3 Å². The van der Waals surface area contributed by atoms with Crippen LogP contribution in [0.4, 0.5) is 5.82 Å². The van der Waals surface area contributed by atoms with E-state index in [0.29, 0.717) is 34.3 Å². The van der Waals surface area contributed by atoms with Crippen molar-refractivity contribution in [1.29, 1.82) is 0 Å². The topological polar surface area (TPSA) is 166 Å². The highest BCUT2D eigenvalue weighted by molar-refractivity contribution is 6.23. The monoisotopic (exact) mass is 806 g/mol. The van der Waals surface area contributed by atoms with Crippen LogP contribution in [0.15, 0.2) is 79.1 Å². The fourth-order valence-corrected chi connectivity index (χ4v) is 10.7. The molecule has 60 heavy (non-hydrogen) atoms. The SMILES string of the molecule is Nc1ncnc2c1c(-c1ccc(Oc3ccccc3)cc1)nn2C1CCN(C2CC3(CCCC(CCc4ccc5c(c4)C(=O)N(C4CCC(=O)NC4=O)C5=O)CC3)C2)CC1. The highest BCUT2D eigenvalue weighted by atomic mass is 16.5. The number of aromatic nitrogens is 4. The van der Waals surface area contributed by atoms with Crippen molar-refractivity contribution in [3.63, 3.8) is 0 Å². The highest BCUT2D eigenvalue weighted by Crippen LogP contribution is 2.54. The van der Waals surface area contributed by atoms with Gasteiger partial charge in [0.1, 0.15) is 35.4 Å². The Kier molecular flexibility index (Phi) is 9.94. The van der Waals surface area contributed by atoms with Gasteiger partial charge in [-0.2, -0.15) is 5.10 Å². The van der Waals surface area contributed by atoms with E-state index in [2.05, 4.69) is 24.9 Å². The van der Waals surface area contributed by atoms with Gasteiger partial charge in [0.2, 0.25) is 11.8 Å². The number of nitrogen functional groups attached to an aromatic ring is 1. The number of likely N-dealkylation sites (tertiary alicyclic amines) is 1. The molecule has 13 heteroatoms. The van der Waals surface area contributed by atoms with Gasteiger partial charge >= 0.3 is 0 Å². The van der Waals surface area contributed by atoms with E-state index in [4.69, 9.17) is 15.6 Å². The number of carbonyl (C=O) groups excluding carboxylic acids is 4. The molecule has 2 unspecified atom stereocenters. The summed E-state index contributed by atoms with van der Waals surface area (Å²) in [5.41, 5.74) is 11.2. The van der Waals surface area contributed by atoms with Gasteiger partial charge in [-0.05, 0) is 130 Å². The van der Waals surface area contributed by atoms with Gasteiger partial charge in [0.25, 0.3) is 11.8 Å². The van der Waals surface area contributed by atoms with E-state index in [9.17, 15) is 19.2 Å². The number of imide groups is 2. The molecule has 3 aliphatic heterocycles. The van der Waals surface area contributed by atoms with E-state index >= 15 is 0 Å². The van der Waals surface area contributed by atoms with Crippen LogP contribution in [-0.4, -0.2) is 78.4 Å². The van der Waals surface area contributed by atoms with E-state index in [1.165, 1.54) is 51.3 Å². The Morgan fingerprint density at radius 1 is 0.800 bits per heavy atom. The summed E-state index contributed by atoms with van der Waals surface area (Å²) in [7, 11) is 0. The number of nitrogens with zero attached hydrogens (tertiary/aromatic N) is 6. The lowest BCUT2D eigenvalue weighted by Gasteiger charge is -2.53. The third-order valence-electron chi connectivity index (χ3n) is 14.1. The molecule has 308 valence electrons. The first-order chi connectivity index (χ1) is 29.2. The summed E-state index contributed by atoms with van der Waals surface area (Å²) in [6.45, 7) is 2.08. The van der Waals surface area contributed by atoms with E-state index in [0.717, 1.165) is 83.0 Å². The Morgan fingerprint density at radius 2 is 1.57 bits per heavy atom. The fourth-order valence-electron chi connectivity index (χ4n) is 10.7. The standard InChI is InChI=1S/C47H50N8O5/c48-42-40-41(31-11-13-35(14-12-31)60-34-6-2-1-3-7-34)52-55(43(40)50-28-49-42)32-19-23-53(24-20-32)33-26-47(27-33)21-4-5-29(18-22-47)8-9-30-10-15-36-37(25-30)46(59)54(45(36)58)38-16-17-39(56)51-44(38)57/h1-3,6-7,10-15,25,28-29,32-33,38H,4-5,8-9,16-24,26-27H2,(H2,48,49,50)(H,51,56,57). The maximum Gasteiger partial charge on any atom is 0.262 e.